The van der Waals surface area contributed by atoms with Crippen LogP contribution in [-0.4, -0.2) is 23.5 Å². The van der Waals surface area contributed by atoms with Crippen molar-refractivity contribution in [3.8, 4) is 6.07 Å². The summed E-state index contributed by atoms with van der Waals surface area (Å²) in [5, 5.41) is 8.77. The molecule has 1 saturated heterocycles. The maximum atomic E-state index is 8.77. The maximum Gasteiger partial charge on any atom is 0.0656 e. The van der Waals surface area contributed by atoms with Crippen LogP contribution in [0, 0.1) is 17.2 Å². The second-order valence-electron chi connectivity index (χ2n) is 4.56. The second-order valence-corrected chi connectivity index (χ2v) is 4.56. The predicted octanol–water partition coefficient (Wildman–Crippen LogP) is 2.41. The molecular weight excluding hydrogens is 160 g/mol. The zero-order valence-corrected chi connectivity index (χ0v) is 9.01. The first-order valence-corrected chi connectivity index (χ1v) is 5.25. The minimum Gasteiger partial charge on any atom is -0.298 e. The summed E-state index contributed by atoms with van der Waals surface area (Å²) in [5.74, 6) is 0.309. The number of nitrogens with zero attached hydrogens (tertiary/aromatic N) is 2. The van der Waals surface area contributed by atoms with Crippen LogP contribution in [0.1, 0.15) is 40.0 Å². The molecule has 0 radical (unpaired) electrons. The summed E-state index contributed by atoms with van der Waals surface area (Å²) in [5.41, 5.74) is 0.320. The van der Waals surface area contributed by atoms with Crippen molar-refractivity contribution in [2.24, 2.45) is 5.92 Å². The summed E-state index contributed by atoms with van der Waals surface area (Å²) in [6.45, 7) is 9.01. The molecule has 1 aliphatic heterocycles. The van der Waals surface area contributed by atoms with Gasteiger partial charge in [0.15, 0.2) is 0 Å². The topological polar surface area (TPSA) is 27.0 Å². The smallest absolute Gasteiger partial charge is 0.0656 e. The van der Waals surface area contributed by atoms with E-state index >= 15 is 0 Å². The lowest BCUT2D eigenvalue weighted by Crippen LogP contribution is -2.47. The van der Waals surface area contributed by atoms with E-state index in [0.717, 1.165) is 25.9 Å². The highest BCUT2D eigenvalue weighted by Crippen LogP contribution is 2.25. The third-order valence-corrected chi connectivity index (χ3v) is 3.40. The van der Waals surface area contributed by atoms with Crippen LogP contribution in [0.4, 0.5) is 0 Å². The molecule has 0 amide bonds. The Balaban J connectivity index is 2.46. The first kappa shape index (κ1) is 10.5. The average molecular weight is 180 g/mol. The van der Waals surface area contributed by atoms with Crippen LogP contribution in [0.15, 0.2) is 0 Å². The zero-order valence-electron chi connectivity index (χ0n) is 9.01. The van der Waals surface area contributed by atoms with Crippen LogP contribution < -0.4 is 0 Å². The molecule has 0 aromatic carbocycles. The Morgan fingerprint density at radius 2 is 1.92 bits per heavy atom. The molecule has 0 aliphatic carbocycles. The Morgan fingerprint density at radius 1 is 1.38 bits per heavy atom. The van der Waals surface area contributed by atoms with Gasteiger partial charge in [-0.3, -0.25) is 4.90 Å². The van der Waals surface area contributed by atoms with Crippen LogP contribution in [0.2, 0.25) is 0 Å². The molecule has 0 bridgehead atoms. The molecule has 0 unspecified atom stereocenters. The molecule has 2 nitrogen and oxygen atoms in total. The molecule has 0 saturated carbocycles. The molecule has 0 spiro atoms. The highest BCUT2D eigenvalue weighted by atomic mass is 15.2. The van der Waals surface area contributed by atoms with E-state index in [2.05, 4.69) is 31.7 Å². The quantitative estimate of drug-likeness (QED) is 0.652. The predicted molar refractivity (Wildman–Crippen MR) is 54.3 cm³/mol. The Hall–Kier alpha value is -0.550. The molecule has 74 valence electrons. The van der Waals surface area contributed by atoms with Gasteiger partial charge in [0.25, 0.3) is 0 Å². The molecule has 1 aliphatic rings. The normalized spacial score (nSPS) is 21.4. The Labute approximate surface area is 81.5 Å². The largest absolute Gasteiger partial charge is 0.298 e. The van der Waals surface area contributed by atoms with Crippen molar-refractivity contribution in [2.45, 2.75) is 45.6 Å². The maximum absolute atomic E-state index is 8.77. The molecule has 0 aromatic rings. The van der Waals surface area contributed by atoms with E-state index in [0.29, 0.717) is 11.5 Å². The van der Waals surface area contributed by atoms with Crippen molar-refractivity contribution in [3.05, 3.63) is 0 Å². The number of piperidine rings is 1. The molecular formula is C11H20N2. The fraction of sp³-hybridized carbons (Fsp3) is 0.909. The van der Waals surface area contributed by atoms with Gasteiger partial charge in [-0.1, -0.05) is 6.92 Å². The number of rotatable bonds is 2. The minimum atomic E-state index is 0.309. The van der Waals surface area contributed by atoms with Crippen molar-refractivity contribution in [2.75, 3.05) is 13.1 Å². The lowest BCUT2D eigenvalue weighted by Gasteiger charge is -2.41. The molecule has 1 fully saturated rings. The van der Waals surface area contributed by atoms with Crippen LogP contribution in [0.3, 0.4) is 0 Å². The summed E-state index contributed by atoms with van der Waals surface area (Å²) in [6, 6.07) is 2.37. The Bertz CT molecular complexity index is 195. The van der Waals surface area contributed by atoms with Crippen molar-refractivity contribution in [1.82, 2.24) is 4.90 Å². The van der Waals surface area contributed by atoms with Gasteiger partial charge in [0.2, 0.25) is 0 Å². The summed E-state index contributed by atoms with van der Waals surface area (Å²) in [6.07, 6.45) is 3.30. The van der Waals surface area contributed by atoms with Gasteiger partial charge < -0.3 is 0 Å². The second kappa shape index (κ2) is 4.11. The van der Waals surface area contributed by atoms with Crippen LogP contribution in [-0.2, 0) is 0 Å². The number of hydrogen-bond donors (Lipinski definition) is 0. The van der Waals surface area contributed by atoms with Gasteiger partial charge in [0, 0.05) is 11.5 Å². The Morgan fingerprint density at radius 3 is 2.31 bits per heavy atom. The monoisotopic (exact) mass is 180 g/mol. The standard InChI is InChI=1S/C11H20N2/c1-4-11(2,3)13-7-5-10(9-12)6-8-13/h10H,4-8H2,1-3H3. The first-order chi connectivity index (χ1) is 6.10. The molecule has 2 heteroatoms. The summed E-state index contributed by atoms with van der Waals surface area (Å²) >= 11 is 0. The summed E-state index contributed by atoms with van der Waals surface area (Å²) in [4.78, 5) is 2.51. The third kappa shape index (κ3) is 2.45. The lowest BCUT2D eigenvalue weighted by atomic mass is 9.92. The van der Waals surface area contributed by atoms with Crippen molar-refractivity contribution < 1.29 is 0 Å². The van der Waals surface area contributed by atoms with E-state index in [9.17, 15) is 0 Å². The zero-order chi connectivity index (χ0) is 9.90. The van der Waals surface area contributed by atoms with Gasteiger partial charge in [-0.05, 0) is 46.2 Å². The summed E-state index contributed by atoms with van der Waals surface area (Å²) in [7, 11) is 0. The molecule has 1 rings (SSSR count). The van der Waals surface area contributed by atoms with Gasteiger partial charge in [-0.15, -0.1) is 0 Å². The van der Waals surface area contributed by atoms with E-state index in [-0.39, 0.29) is 0 Å². The van der Waals surface area contributed by atoms with Crippen molar-refractivity contribution in [3.63, 3.8) is 0 Å². The molecule has 13 heavy (non-hydrogen) atoms. The number of likely N-dealkylation sites (tertiary alicyclic amines) is 1. The lowest BCUT2D eigenvalue weighted by molar-refractivity contribution is 0.0813. The third-order valence-electron chi connectivity index (χ3n) is 3.40. The molecule has 1 heterocycles. The van der Waals surface area contributed by atoms with Crippen LogP contribution in [0.5, 0.6) is 0 Å². The molecule has 0 aromatic heterocycles. The van der Waals surface area contributed by atoms with Gasteiger partial charge in [-0.25, -0.2) is 0 Å². The number of hydrogen-bond acceptors (Lipinski definition) is 2. The van der Waals surface area contributed by atoms with Crippen molar-refractivity contribution in [1.29, 1.82) is 5.26 Å². The van der Waals surface area contributed by atoms with E-state index < -0.39 is 0 Å². The van der Waals surface area contributed by atoms with Gasteiger partial charge in [-0.2, -0.15) is 5.26 Å². The van der Waals surface area contributed by atoms with Crippen LogP contribution in [0.25, 0.3) is 0 Å². The first-order valence-electron chi connectivity index (χ1n) is 5.25. The highest BCUT2D eigenvalue weighted by Gasteiger charge is 2.28. The van der Waals surface area contributed by atoms with E-state index in [1.165, 1.54) is 6.42 Å². The average Bonchev–Trinajstić information content (AvgIpc) is 2.18. The van der Waals surface area contributed by atoms with Gasteiger partial charge in [0.05, 0.1) is 6.07 Å². The van der Waals surface area contributed by atoms with Crippen molar-refractivity contribution >= 4 is 0 Å². The molecule has 0 N–H and O–H groups in total. The number of nitriles is 1. The van der Waals surface area contributed by atoms with E-state index in [1.54, 1.807) is 0 Å². The van der Waals surface area contributed by atoms with Gasteiger partial charge >= 0.3 is 0 Å². The van der Waals surface area contributed by atoms with E-state index in [4.69, 9.17) is 5.26 Å². The van der Waals surface area contributed by atoms with Crippen LogP contribution >= 0.6 is 0 Å². The van der Waals surface area contributed by atoms with Gasteiger partial charge in [0.1, 0.15) is 0 Å². The minimum absolute atomic E-state index is 0.309. The fourth-order valence-electron chi connectivity index (χ4n) is 1.84. The highest BCUT2D eigenvalue weighted by molar-refractivity contribution is 4.91. The summed E-state index contributed by atoms with van der Waals surface area (Å²) < 4.78 is 0. The molecule has 0 atom stereocenters. The SMILES string of the molecule is CCC(C)(C)N1CCC(C#N)CC1. The fourth-order valence-corrected chi connectivity index (χ4v) is 1.84. The Kier molecular flexibility index (Phi) is 3.33. The van der Waals surface area contributed by atoms with E-state index in [1.807, 2.05) is 0 Å².